The average molecular weight is 454 g/mol. The monoisotopic (exact) mass is 454 g/mol. The fourth-order valence-corrected chi connectivity index (χ4v) is 3.56. The first-order valence-electron chi connectivity index (χ1n) is 10.8. The van der Waals surface area contributed by atoms with E-state index < -0.39 is 5.69 Å². The quantitative estimate of drug-likeness (QED) is 0.422. The summed E-state index contributed by atoms with van der Waals surface area (Å²) in [6, 6.07) is 19.1. The lowest BCUT2D eigenvalue weighted by atomic mass is 10.1. The average Bonchev–Trinajstić information content (AvgIpc) is 3.45. The summed E-state index contributed by atoms with van der Waals surface area (Å²) in [5.41, 5.74) is 4.48. The van der Waals surface area contributed by atoms with E-state index in [2.05, 4.69) is 20.6 Å². The fourth-order valence-electron chi connectivity index (χ4n) is 3.56. The second-order valence-electron chi connectivity index (χ2n) is 8.11. The molecule has 0 aliphatic carbocycles. The minimum atomic E-state index is -0.430. The van der Waals surface area contributed by atoms with Crippen molar-refractivity contribution < 1.29 is 9.32 Å². The van der Waals surface area contributed by atoms with Gasteiger partial charge in [-0.3, -0.25) is 4.79 Å². The van der Waals surface area contributed by atoms with Crippen molar-refractivity contribution in [2.75, 3.05) is 0 Å². The maximum atomic E-state index is 12.8. The third kappa shape index (κ3) is 4.23. The van der Waals surface area contributed by atoms with E-state index in [0.29, 0.717) is 23.6 Å². The van der Waals surface area contributed by atoms with Crippen molar-refractivity contribution in [3.8, 4) is 22.8 Å². The molecular weight excluding hydrogens is 432 g/mol. The molecular formula is C25H22N6O3. The number of aryl methyl sites for hydroxylation is 2. The van der Waals surface area contributed by atoms with Gasteiger partial charge >= 0.3 is 5.69 Å². The summed E-state index contributed by atoms with van der Waals surface area (Å²) in [5.74, 6) is 0.364. The summed E-state index contributed by atoms with van der Waals surface area (Å²) in [5, 5.41) is 11.3. The van der Waals surface area contributed by atoms with Gasteiger partial charge in [0.25, 0.3) is 5.89 Å². The molecule has 5 rings (SSSR count). The molecule has 9 heteroatoms. The van der Waals surface area contributed by atoms with Crippen LogP contribution < -0.4 is 11.0 Å². The summed E-state index contributed by atoms with van der Waals surface area (Å²) in [4.78, 5) is 29.8. The summed E-state index contributed by atoms with van der Waals surface area (Å²) >= 11 is 0. The van der Waals surface area contributed by atoms with Crippen molar-refractivity contribution in [1.29, 1.82) is 0 Å². The van der Waals surface area contributed by atoms with Gasteiger partial charge in [-0.15, -0.1) is 5.10 Å². The van der Waals surface area contributed by atoms with Gasteiger partial charge in [0.2, 0.25) is 11.7 Å². The number of nitrogens with zero attached hydrogens (tertiary/aromatic N) is 5. The molecule has 1 N–H and O–H groups in total. The Hall–Kier alpha value is -4.53. The highest BCUT2D eigenvalue weighted by atomic mass is 16.5. The molecule has 34 heavy (non-hydrogen) atoms. The van der Waals surface area contributed by atoms with Crippen LogP contribution in [0.1, 0.15) is 16.7 Å². The normalized spacial score (nSPS) is 11.1. The molecule has 9 nitrogen and oxygen atoms in total. The molecule has 0 spiro atoms. The predicted molar refractivity (Wildman–Crippen MR) is 126 cm³/mol. The first-order chi connectivity index (χ1) is 16.5. The number of hydrogen-bond donors (Lipinski definition) is 1. The zero-order valence-electron chi connectivity index (χ0n) is 18.7. The van der Waals surface area contributed by atoms with Crippen LogP contribution >= 0.6 is 0 Å². The Labute approximate surface area is 194 Å². The second-order valence-corrected chi connectivity index (χ2v) is 8.11. The van der Waals surface area contributed by atoms with E-state index in [0.717, 1.165) is 26.9 Å². The molecule has 0 radical (unpaired) electrons. The van der Waals surface area contributed by atoms with Gasteiger partial charge in [-0.05, 0) is 31.5 Å². The highest BCUT2D eigenvalue weighted by Gasteiger charge is 2.18. The van der Waals surface area contributed by atoms with Gasteiger partial charge in [-0.1, -0.05) is 64.8 Å². The smallest absolute Gasteiger partial charge is 0.350 e. The van der Waals surface area contributed by atoms with Crippen molar-refractivity contribution in [2.45, 2.75) is 26.9 Å². The molecule has 0 fully saturated rings. The molecule has 2 aromatic carbocycles. The molecule has 0 aliphatic rings. The van der Waals surface area contributed by atoms with Crippen molar-refractivity contribution >= 4 is 11.6 Å². The van der Waals surface area contributed by atoms with Gasteiger partial charge in [-0.25, -0.2) is 13.9 Å². The molecule has 0 saturated carbocycles. The topological polar surface area (TPSA) is 107 Å². The zero-order chi connectivity index (χ0) is 23.7. The molecule has 3 heterocycles. The SMILES string of the molecule is Cc1ccc(CNC(=O)Cn2nc3c(-c4nc(-c5ccc(C)cc5)no4)cccn3c2=O)cc1. The van der Waals surface area contributed by atoms with E-state index in [-0.39, 0.29) is 18.3 Å². The van der Waals surface area contributed by atoms with Crippen LogP contribution in [-0.4, -0.2) is 30.2 Å². The van der Waals surface area contributed by atoms with Gasteiger partial charge in [-0.2, -0.15) is 4.98 Å². The van der Waals surface area contributed by atoms with E-state index in [9.17, 15) is 9.59 Å². The lowest BCUT2D eigenvalue weighted by Gasteiger charge is -2.05. The Morgan fingerprint density at radius 1 is 1.00 bits per heavy atom. The highest BCUT2D eigenvalue weighted by Crippen LogP contribution is 2.24. The molecule has 0 atom stereocenters. The van der Waals surface area contributed by atoms with Gasteiger partial charge in [0.05, 0.1) is 5.56 Å². The lowest BCUT2D eigenvalue weighted by molar-refractivity contribution is -0.122. The predicted octanol–water partition coefficient (Wildman–Crippen LogP) is 3.15. The zero-order valence-corrected chi connectivity index (χ0v) is 18.7. The molecule has 0 saturated heterocycles. The number of benzene rings is 2. The number of hydrogen-bond acceptors (Lipinski definition) is 6. The number of amides is 1. The van der Waals surface area contributed by atoms with E-state index in [4.69, 9.17) is 4.52 Å². The van der Waals surface area contributed by atoms with Crippen LogP contribution in [0, 0.1) is 13.8 Å². The van der Waals surface area contributed by atoms with Crippen LogP contribution in [-0.2, 0) is 17.9 Å². The largest absolute Gasteiger partial charge is 0.350 e. The maximum Gasteiger partial charge on any atom is 0.350 e. The first kappa shape index (κ1) is 21.3. The summed E-state index contributed by atoms with van der Waals surface area (Å²) in [7, 11) is 0. The van der Waals surface area contributed by atoms with Gasteiger partial charge in [0, 0.05) is 18.3 Å². The second kappa shape index (κ2) is 8.78. The van der Waals surface area contributed by atoms with Crippen LogP contribution in [0.5, 0.6) is 0 Å². The minimum absolute atomic E-state index is 0.204. The maximum absolute atomic E-state index is 12.8. The molecule has 170 valence electrons. The van der Waals surface area contributed by atoms with Crippen molar-refractivity contribution in [3.63, 3.8) is 0 Å². The van der Waals surface area contributed by atoms with E-state index >= 15 is 0 Å². The van der Waals surface area contributed by atoms with Crippen molar-refractivity contribution in [2.24, 2.45) is 0 Å². The number of aromatic nitrogens is 5. The van der Waals surface area contributed by atoms with Crippen LogP contribution in [0.2, 0.25) is 0 Å². The van der Waals surface area contributed by atoms with Gasteiger partial charge < -0.3 is 9.84 Å². The Kier molecular flexibility index (Phi) is 5.51. The van der Waals surface area contributed by atoms with Crippen LogP contribution in [0.4, 0.5) is 0 Å². The number of rotatable bonds is 6. The van der Waals surface area contributed by atoms with Crippen molar-refractivity contribution in [3.05, 3.63) is 94.0 Å². The fraction of sp³-hybridized carbons (Fsp3) is 0.160. The highest BCUT2D eigenvalue weighted by molar-refractivity contribution is 5.76. The van der Waals surface area contributed by atoms with Gasteiger partial charge in [0.1, 0.15) is 6.54 Å². The van der Waals surface area contributed by atoms with E-state index in [1.165, 1.54) is 4.40 Å². The van der Waals surface area contributed by atoms with Crippen LogP contribution in [0.15, 0.2) is 76.2 Å². The minimum Gasteiger partial charge on any atom is -0.350 e. The molecule has 3 aromatic heterocycles. The molecule has 0 unspecified atom stereocenters. The molecule has 0 bridgehead atoms. The van der Waals surface area contributed by atoms with Crippen LogP contribution in [0.25, 0.3) is 28.5 Å². The number of carbonyl (C=O) groups is 1. The van der Waals surface area contributed by atoms with Crippen LogP contribution in [0.3, 0.4) is 0 Å². The number of pyridine rings is 1. The molecule has 5 aromatic rings. The Morgan fingerprint density at radius 3 is 2.44 bits per heavy atom. The molecule has 1 amide bonds. The number of nitrogens with one attached hydrogen (secondary N) is 1. The lowest BCUT2D eigenvalue weighted by Crippen LogP contribution is -2.32. The Morgan fingerprint density at radius 2 is 1.71 bits per heavy atom. The standard InChI is InChI=1S/C25H22N6O3/c1-16-5-9-18(10-6-16)14-26-21(32)15-31-25(33)30-13-3-4-20(23(30)28-31)24-27-22(29-34-24)19-11-7-17(2)8-12-19/h3-13H,14-15H2,1-2H3,(H,26,32). The Balaban J connectivity index is 1.38. The van der Waals surface area contributed by atoms with E-state index in [1.54, 1.807) is 18.3 Å². The summed E-state index contributed by atoms with van der Waals surface area (Å²) in [6.45, 7) is 4.17. The van der Waals surface area contributed by atoms with Gasteiger partial charge in [0.15, 0.2) is 5.65 Å². The van der Waals surface area contributed by atoms with E-state index in [1.807, 2.05) is 62.4 Å². The van der Waals surface area contributed by atoms with Crippen molar-refractivity contribution in [1.82, 2.24) is 29.6 Å². The third-order valence-corrected chi connectivity index (χ3v) is 5.48. The Bertz CT molecular complexity index is 1530. The number of fused-ring (bicyclic) bond motifs is 1. The molecule has 0 aliphatic heterocycles. The summed E-state index contributed by atoms with van der Waals surface area (Å²) in [6.07, 6.45) is 1.59. The third-order valence-electron chi connectivity index (χ3n) is 5.48. The number of carbonyl (C=O) groups excluding carboxylic acids is 1. The first-order valence-corrected chi connectivity index (χ1v) is 10.8. The summed E-state index contributed by atoms with van der Waals surface area (Å²) < 4.78 is 7.95.